The first-order chi connectivity index (χ1) is 13.4. The smallest absolute Gasteiger partial charge is 0.241 e. The molecule has 1 aliphatic rings. The van der Waals surface area contributed by atoms with E-state index >= 15 is 0 Å². The maximum Gasteiger partial charge on any atom is 0.241 e. The number of carbonyl (C=O) groups is 1. The Morgan fingerprint density at radius 1 is 1.30 bits per heavy atom. The molecule has 0 bridgehead atoms. The standard InChI is InChI=1S/C22H32N4O2.2ClH/c1-4-28-18-15-22(23,21(18,2)3)20(27)25-16-19-24-12-14-26(19)13-8-11-17-9-6-5-7-10-17;;/h5-7,9-10,12,14,18H,4,8,11,13,15-16,23H2,1-3H3,(H,25,27);2*1H. The highest BCUT2D eigenvalue weighted by Crippen LogP contribution is 2.49. The van der Waals surface area contributed by atoms with E-state index < -0.39 is 11.0 Å². The molecule has 2 atom stereocenters. The van der Waals surface area contributed by atoms with E-state index in [-0.39, 0.29) is 36.8 Å². The summed E-state index contributed by atoms with van der Waals surface area (Å²) in [5.74, 6) is 0.718. The van der Waals surface area contributed by atoms with Crippen molar-refractivity contribution in [1.29, 1.82) is 0 Å². The third kappa shape index (κ3) is 5.35. The molecular formula is C22H34Cl2N4O2. The van der Waals surface area contributed by atoms with E-state index in [0.29, 0.717) is 19.6 Å². The Bertz CT molecular complexity index is 797. The van der Waals surface area contributed by atoms with Crippen LogP contribution in [0, 0.1) is 5.41 Å². The zero-order valence-electron chi connectivity index (χ0n) is 18.0. The van der Waals surface area contributed by atoms with Crippen molar-refractivity contribution in [2.45, 2.75) is 64.8 Å². The Kier molecular flexibility index (Phi) is 9.82. The van der Waals surface area contributed by atoms with Gasteiger partial charge in [0.15, 0.2) is 0 Å². The molecule has 2 unspecified atom stereocenters. The van der Waals surface area contributed by atoms with Crippen LogP contribution in [0.3, 0.4) is 0 Å². The summed E-state index contributed by atoms with van der Waals surface area (Å²) in [5.41, 5.74) is 6.48. The Morgan fingerprint density at radius 3 is 2.63 bits per heavy atom. The fourth-order valence-corrected chi connectivity index (χ4v) is 3.95. The number of hydrogen-bond acceptors (Lipinski definition) is 4. The molecule has 168 valence electrons. The molecule has 0 aliphatic heterocycles. The second kappa shape index (κ2) is 11.1. The van der Waals surface area contributed by atoms with Crippen LogP contribution in [-0.4, -0.2) is 33.7 Å². The maximum absolute atomic E-state index is 12.8. The van der Waals surface area contributed by atoms with E-state index in [1.165, 1.54) is 5.56 Å². The minimum Gasteiger partial charge on any atom is -0.378 e. The number of aryl methyl sites for hydroxylation is 2. The van der Waals surface area contributed by atoms with Crippen molar-refractivity contribution in [2.75, 3.05) is 6.61 Å². The summed E-state index contributed by atoms with van der Waals surface area (Å²) in [6.45, 7) is 7.84. The van der Waals surface area contributed by atoms with Crippen LogP contribution >= 0.6 is 24.8 Å². The first-order valence-corrected chi connectivity index (χ1v) is 10.1. The Labute approximate surface area is 191 Å². The molecule has 1 aromatic heterocycles. The van der Waals surface area contributed by atoms with Crippen molar-refractivity contribution in [3.05, 3.63) is 54.1 Å². The van der Waals surface area contributed by atoms with Gasteiger partial charge in [-0.1, -0.05) is 44.2 Å². The lowest BCUT2D eigenvalue weighted by Gasteiger charge is -2.57. The number of benzene rings is 1. The highest BCUT2D eigenvalue weighted by atomic mass is 35.5. The molecule has 3 rings (SSSR count). The molecular weight excluding hydrogens is 423 g/mol. The number of nitrogens with one attached hydrogen (secondary N) is 1. The second-order valence-corrected chi connectivity index (χ2v) is 8.15. The van der Waals surface area contributed by atoms with Crippen LogP contribution in [0.15, 0.2) is 42.7 Å². The Balaban J connectivity index is 0.00000225. The minimum absolute atomic E-state index is 0. The average molecular weight is 457 g/mol. The molecule has 1 aliphatic carbocycles. The molecule has 8 heteroatoms. The van der Waals surface area contributed by atoms with E-state index in [9.17, 15) is 4.79 Å². The number of carbonyl (C=O) groups excluding carboxylic acids is 1. The topological polar surface area (TPSA) is 82.2 Å². The molecule has 0 saturated heterocycles. The van der Waals surface area contributed by atoms with Gasteiger partial charge in [-0.25, -0.2) is 4.98 Å². The maximum atomic E-state index is 12.8. The van der Waals surface area contributed by atoms with Crippen LogP contribution in [0.5, 0.6) is 0 Å². The van der Waals surface area contributed by atoms with Gasteiger partial charge in [0.1, 0.15) is 11.4 Å². The summed E-state index contributed by atoms with van der Waals surface area (Å²) in [5, 5.41) is 2.99. The lowest BCUT2D eigenvalue weighted by Crippen LogP contribution is -2.75. The normalized spacial score (nSPS) is 21.7. The number of aromatic nitrogens is 2. The molecule has 1 amide bonds. The van der Waals surface area contributed by atoms with E-state index in [1.807, 2.05) is 33.0 Å². The van der Waals surface area contributed by atoms with Gasteiger partial charge in [0.25, 0.3) is 0 Å². The monoisotopic (exact) mass is 456 g/mol. The summed E-state index contributed by atoms with van der Waals surface area (Å²) >= 11 is 0. The van der Waals surface area contributed by atoms with Crippen LogP contribution in [0.1, 0.15) is 45.0 Å². The van der Waals surface area contributed by atoms with Gasteiger partial charge in [-0.2, -0.15) is 0 Å². The van der Waals surface area contributed by atoms with Crippen LogP contribution < -0.4 is 11.1 Å². The third-order valence-electron chi connectivity index (χ3n) is 6.15. The van der Waals surface area contributed by atoms with Gasteiger partial charge in [0.2, 0.25) is 5.91 Å². The van der Waals surface area contributed by atoms with Crippen molar-refractivity contribution >= 4 is 30.7 Å². The molecule has 0 radical (unpaired) electrons. The fourth-order valence-electron chi connectivity index (χ4n) is 3.95. The molecule has 1 saturated carbocycles. The number of amides is 1. The lowest BCUT2D eigenvalue weighted by atomic mass is 9.54. The molecule has 1 aromatic carbocycles. The SMILES string of the molecule is CCOC1CC(N)(C(=O)NCc2nccn2CCCc2ccccc2)C1(C)C.Cl.Cl. The summed E-state index contributed by atoms with van der Waals surface area (Å²) in [6, 6.07) is 10.4. The molecule has 30 heavy (non-hydrogen) atoms. The van der Waals surface area contributed by atoms with Crippen molar-refractivity contribution in [3.8, 4) is 0 Å². The quantitative estimate of drug-likeness (QED) is 0.604. The highest BCUT2D eigenvalue weighted by Gasteiger charge is 2.62. The van der Waals surface area contributed by atoms with Crippen molar-refractivity contribution in [3.63, 3.8) is 0 Å². The van der Waals surface area contributed by atoms with Gasteiger partial charge in [-0.15, -0.1) is 24.8 Å². The van der Waals surface area contributed by atoms with Gasteiger partial charge in [0, 0.05) is 37.4 Å². The summed E-state index contributed by atoms with van der Waals surface area (Å²) in [7, 11) is 0. The van der Waals surface area contributed by atoms with Crippen molar-refractivity contribution in [1.82, 2.24) is 14.9 Å². The van der Waals surface area contributed by atoms with Gasteiger partial charge < -0.3 is 20.4 Å². The Hall–Kier alpha value is -1.60. The molecule has 2 aromatic rings. The van der Waals surface area contributed by atoms with Crippen molar-refractivity contribution in [2.24, 2.45) is 11.1 Å². The molecule has 3 N–H and O–H groups in total. The van der Waals surface area contributed by atoms with Crippen LogP contribution in [0.25, 0.3) is 0 Å². The zero-order chi connectivity index (χ0) is 20.2. The number of ether oxygens (including phenoxy) is 1. The first-order valence-electron chi connectivity index (χ1n) is 10.1. The first kappa shape index (κ1) is 26.4. The minimum atomic E-state index is -0.905. The Morgan fingerprint density at radius 2 is 2.00 bits per heavy atom. The number of imidazole rings is 1. The summed E-state index contributed by atoms with van der Waals surface area (Å²) in [6.07, 6.45) is 6.34. The molecule has 1 fully saturated rings. The van der Waals surface area contributed by atoms with Gasteiger partial charge in [0.05, 0.1) is 12.6 Å². The second-order valence-electron chi connectivity index (χ2n) is 8.15. The lowest BCUT2D eigenvalue weighted by molar-refractivity contribution is -0.170. The van der Waals surface area contributed by atoms with Crippen LogP contribution in [-0.2, 0) is 29.0 Å². The van der Waals surface area contributed by atoms with Gasteiger partial charge in [-0.3, -0.25) is 4.79 Å². The van der Waals surface area contributed by atoms with E-state index in [2.05, 4.69) is 39.1 Å². The van der Waals surface area contributed by atoms with Gasteiger partial charge in [-0.05, 0) is 25.3 Å². The number of nitrogens with zero attached hydrogens (tertiary/aromatic N) is 2. The number of hydrogen-bond donors (Lipinski definition) is 2. The van der Waals surface area contributed by atoms with E-state index in [4.69, 9.17) is 10.5 Å². The summed E-state index contributed by atoms with van der Waals surface area (Å²) in [4.78, 5) is 17.2. The predicted molar refractivity (Wildman–Crippen MR) is 124 cm³/mol. The number of rotatable bonds is 9. The molecule has 6 nitrogen and oxygen atoms in total. The van der Waals surface area contributed by atoms with Gasteiger partial charge >= 0.3 is 0 Å². The number of nitrogens with two attached hydrogens (primary N) is 1. The molecule has 1 heterocycles. The number of halogens is 2. The third-order valence-corrected chi connectivity index (χ3v) is 6.15. The molecule has 0 spiro atoms. The van der Waals surface area contributed by atoms with E-state index in [0.717, 1.165) is 25.2 Å². The highest BCUT2D eigenvalue weighted by molar-refractivity contribution is 5.88. The summed E-state index contributed by atoms with van der Waals surface area (Å²) < 4.78 is 7.81. The van der Waals surface area contributed by atoms with Crippen molar-refractivity contribution < 1.29 is 9.53 Å². The van der Waals surface area contributed by atoms with Crippen LogP contribution in [0.2, 0.25) is 0 Å². The average Bonchev–Trinajstić information content (AvgIpc) is 3.14. The van der Waals surface area contributed by atoms with Crippen LogP contribution in [0.4, 0.5) is 0 Å². The predicted octanol–water partition coefficient (Wildman–Crippen LogP) is 3.51. The largest absolute Gasteiger partial charge is 0.378 e. The van der Waals surface area contributed by atoms with E-state index in [1.54, 1.807) is 6.20 Å². The fraction of sp³-hybridized carbons (Fsp3) is 0.545. The zero-order valence-corrected chi connectivity index (χ0v) is 19.6.